The smallest absolute Gasteiger partial charge is 0.263 e. The Morgan fingerprint density at radius 2 is 1.92 bits per heavy atom. The molecule has 130 valence electrons. The topological polar surface area (TPSA) is 60.5 Å². The molecule has 1 aromatic heterocycles. The van der Waals surface area contributed by atoms with Crippen molar-refractivity contribution in [1.82, 2.24) is 10.3 Å². The maximum Gasteiger partial charge on any atom is 0.263 e. The molecule has 0 bridgehead atoms. The fourth-order valence-corrected chi connectivity index (χ4v) is 3.11. The highest BCUT2D eigenvalue weighted by molar-refractivity contribution is 7.17. The summed E-state index contributed by atoms with van der Waals surface area (Å²) in [5.74, 6) is 1.22. The van der Waals surface area contributed by atoms with Gasteiger partial charge in [-0.2, -0.15) is 0 Å². The molecule has 0 radical (unpaired) electrons. The van der Waals surface area contributed by atoms with Gasteiger partial charge in [0.05, 0.1) is 19.9 Å². The van der Waals surface area contributed by atoms with Gasteiger partial charge >= 0.3 is 0 Å². The molecule has 1 aromatic carbocycles. The zero-order valence-electron chi connectivity index (χ0n) is 15.0. The van der Waals surface area contributed by atoms with Gasteiger partial charge < -0.3 is 14.8 Å². The van der Waals surface area contributed by atoms with E-state index >= 15 is 0 Å². The van der Waals surface area contributed by atoms with E-state index in [4.69, 9.17) is 9.47 Å². The Labute approximate surface area is 147 Å². The maximum absolute atomic E-state index is 12.5. The van der Waals surface area contributed by atoms with E-state index in [-0.39, 0.29) is 11.4 Å². The number of benzene rings is 1. The second-order valence-corrected chi connectivity index (χ2v) is 7.19. The number of nitrogens with one attached hydrogen (secondary N) is 1. The zero-order chi connectivity index (χ0) is 17.9. The van der Waals surface area contributed by atoms with Gasteiger partial charge in [0.1, 0.15) is 9.88 Å². The number of carbonyl (C=O) groups is 1. The van der Waals surface area contributed by atoms with E-state index in [0.717, 1.165) is 22.7 Å². The number of methoxy groups -OCH3 is 2. The fourth-order valence-electron chi connectivity index (χ4n) is 2.15. The normalized spacial score (nSPS) is 11.2. The number of ether oxygens (including phenoxy) is 2. The summed E-state index contributed by atoms with van der Waals surface area (Å²) in [5.41, 5.74) is 1.39. The number of carbonyl (C=O) groups excluding carboxylic acids is 1. The predicted molar refractivity (Wildman–Crippen MR) is 97.2 cm³/mol. The first-order chi connectivity index (χ1) is 11.3. The molecule has 6 heteroatoms. The molecule has 24 heavy (non-hydrogen) atoms. The van der Waals surface area contributed by atoms with Crippen LogP contribution in [0, 0.1) is 6.92 Å². The van der Waals surface area contributed by atoms with Gasteiger partial charge in [0.2, 0.25) is 0 Å². The quantitative estimate of drug-likeness (QED) is 0.855. The predicted octanol–water partition coefficient (Wildman–Crippen LogP) is 4.05. The first-order valence-electron chi connectivity index (χ1n) is 7.83. The molecular weight excluding hydrogens is 324 g/mol. The van der Waals surface area contributed by atoms with Crippen LogP contribution in [0.3, 0.4) is 0 Å². The van der Waals surface area contributed by atoms with Gasteiger partial charge in [-0.05, 0) is 45.4 Å². The summed E-state index contributed by atoms with van der Waals surface area (Å²) in [6.07, 6.45) is 0.860. The van der Waals surface area contributed by atoms with Crippen molar-refractivity contribution in [3.63, 3.8) is 0 Å². The minimum absolute atomic E-state index is 0.0800. The first kappa shape index (κ1) is 18.3. The molecule has 2 rings (SSSR count). The van der Waals surface area contributed by atoms with E-state index in [1.165, 1.54) is 11.3 Å². The molecule has 0 aliphatic heterocycles. The Morgan fingerprint density at radius 3 is 2.50 bits per heavy atom. The summed E-state index contributed by atoms with van der Waals surface area (Å²) in [6, 6.07) is 5.62. The van der Waals surface area contributed by atoms with Crippen LogP contribution in [0.5, 0.6) is 11.5 Å². The number of hydrogen-bond acceptors (Lipinski definition) is 5. The third-order valence-corrected chi connectivity index (χ3v) is 5.17. The summed E-state index contributed by atoms with van der Waals surface area (Å²) in [4.78, 5) is 17.7. The van der Waals surface area contributed by atoms with E-state index < -0.39 is 0 Å². The van der Waals surface area contributed by atoms with Crippen molar-refractivity contribution in [3.05, 3.63) is 28.8 Å². The summed E-state index contributed by atoms with van der Waals surface area (Å²) >= 11 is 1.39. The highest BCUT2D eigenvalue weighted by Gasteiger charge is 2.23. The number of nitrogens with zero attached hydrogens (tertiary/aromatic N) is 1. The van der Waals surface area contributed by atoms with Crippen LogP contribution < -0.4 is 14.8 Å². The molecule has 0 atom stereocenters. The molecule has 0 aliphatic rings. The molecule has 0 saturated carbocycles. The van der Waals surface area contributed by atoms with Gasteiger partial charge in [0, 0.05) is 11.1 Å². The molecule has 0 aliphatic carbocycles. The van der Waals surface area contributed by atoms with Crippen molar-refractivity contribution in [2.24, 2.45) is 0 Å². The highest BCUT2D eigenvalue weighted by atomic mass is 32.1. The second kappa shape index (κ2) is 7.21. The van der Waals surface area contributed by atoms with Crippen LogP contribution in [0.25, 0.3) is 10.6 Å². The van der Waals surface area contributed by atoms with Crippen LogP contribution in [0.1, 0.15) is 42.6 Å². The van der Waals surface area contributed by atoms with Crippen molar-refractivity contribution < 1.29 is 14.3 Å². The van der Waals surface area contributed by atoms with E-state index in [2.05, 4.69) is 17.2 Å². The number of aromatic nitrogens is 1. The Kier molecular flexibility index (Phi) is 5.49. The molecule has 0 saturated heterocycles. The van der Waals surface area contributed by atoms with Crippen LogP contribution in [0.15, 0.2) is 18.2 Å². The van der Waals surface area contributed by atoms with E-state index in [1.54, 1.807) is 14.2 Å². The molecule has 1 heterocycles. The highest BCUT2D eigenvalue weighted by Crippen LogP contribution is 2.35. The van der Waals surface area contributed by atoms with Gasteiger partial charge in [-0.1, -0.05) is 6.92 Å². The van der Waals surface area contributed by atoms with Crippen LogP contribution in [0.4, 0.5) is 0 Å². The summed E-state index contributed by atoms with van der Waals surface area (Å²) in [6.45, 7) is 7.93. The lowest BCUT2D eigenvalue weighted by Gasteiger charge is -2.24. The number of thiazole rings is 1. The Balaban J connectivity index is 2.33. The molecule has 1 N–H and O–H groups in total. The fraction of sp³-hybridized carbons (Fsp3) is 0.444. The minimum Gasteiger partial charge on any atom is -0.493 e. The Bertz CT molecular complexity index is 738. The van der Waals surface area contributed by atoms with Gasteiger partial charge in [-0.25, -0.2) is 4.98 Å². The number of amides is 1. The van der Waals surface area contributed by atoms with Crippen molar-refractivity contribution in [3.8, 4) is 22.1 Å². The van der Waals surface area contributed by atoms with Crippen molar-refractivity contribution in [2.45, 2.75) is 39.7 Å². The molecule has 5 nitrogen and oxygen atoms in total. The molecule has 0 spiro atoms. The number of hydrogen-bond donors (Lipinski definition) is 1. The average Bonchev–Trinajstić information content (AvgIpc) is 2.95. The van der Waals surface area contributed by atoms with Gasteiger partial charge in [0.15, 0.2) is 11.5 Å². The summed E-state index contributed by atoms with van der Waals surface area (Å²) < 4.78 is 10.6. The minimum atomic E-state index is -0.239. The van der Waals surface area contributed by atoms with E-state index in [1.807, 2.05) is 39.0 Å². The molecule has 0 unspecified atom stereocenters. The molecule has 1 amide bonds. The lowest BCUT2D eigenvalue weighted by atomic mass is 10.0. The largest absolute Gasteiger partial charge is 0.493 e. The number of aryl methyl sites for hydroxylation is 1. The molecular formula is C18H24N2O3S. The zero-order valence-corrected chi connectivity index (χ0v) is 15.8. The van der Waals surface area contributed by atoms with Crippen LogP contribution in [-0.4, -0.2) is 30.6 Å². The SMILES string of the molecule is CCC(C)(C)NC(=O)c1sc(-c2ccc(OC)c(OC)c2)nc1C. The Hall–Kier alpha value is -2.08. The van der Waals surface area contributed by atoms with E-state index in [9.17, 15) is 4.79 Å². The van der Waals surface area contributed by atoms with Crippen molar-refractivity contribution in [2.75, 3.05) is 14.2 Å². The third kappa shape index (κ3) is 3.87. The van der Waals surface area contributed by atoms with Crippen molar-refractivity contribution in [1.29, 1.82) is 0 Å². The van der Waals surface area contributed by atoms with Gasteiger partial charge in [-0.15, -0.1) is 11.3 Å². The molecule has 0 fully saturated rings. The van der Waals surface area contributed by atoms with Gasteiger partial charge in [-0.3, -0.25) is 4.79 Å². The lowest BCUT2D eigenvalue weighted by Crippen LogP contribution is -2.42. The summed E-state index contributed by atoms with van der Waals surface area (Å²) in [5, 5.41) is 3.84. The maximum atomic E-state index is 12.5. The van der Waals surface area contributed by atoms with Crippen molar-refractivity contribution >= 4 is 17.2 Å². The molecule has 2 aromatic rings. The Morgan fingerprint density at radius 1 is 1.25 bits per heavy atom. The first-order valence-corrected chi connectivity index (χ1v) is 8.65. The third-order valence-electron chi connectivity index (χ3n) is 3.97. The second-order valence-electron chi connectivity index (χ2n) is 6.19. The number of rotatable bonds is 6. The van der Waals surface area contributed by atoms with Crippen LogP contribution in [-0.2, 0) is 0 Å². The summed E-state index contributed by atoms with van der Waals surface area (Å²) in [7, 11) is 3.20. The van der Waals surface area contributed by atoms with E-state index in [0.29, 0.717) is 16.4 Å². The standard InChI is InChI=1S/C18H24N2O3S/c1-7-18(3,4)20-16(21)15-11(2)19-17(24-15)12-8-9-13(22-5)14(10-12)23-6/h8-10H,7H2,1-6H3,(H,20,21). The monoisotopic (exact) mass is 348 g/mol. The van der Waals surface area contributed by atoms with Crippen LogP contribution in [0.2, 0.25) is 0 Å². The lowest BCUT2D eigenvalue weighted by molar-refractivity contribution is 0.0914. The van der Waals surface area contributed by atoms with Gasteiger partial charge in [0.25, 0.3) is 5.91 Å². The van der Waals surface area contributed by atoms with Crippen LogP contribution >= 0.6 is 11.3 Å². The average molecular weight is 348 g/mol.